The van der Waals surface area contributed by atoms with Gasteiger partial charge in [-0.1, -0.05) is 25.1 Å². The summed E-state index contributed by atoms with van der Waals surface area (Å²) in [5.41, 5.74) is 0.667. The highest BCUT2D eigenvalue weighted by atomic mass is 35.5. The number of nitrogens with zero attached hydrogens (tertiary/aromatic N) is 1. The molecule has 0 aliphatic rings. The predicted molar refractivity (Wildman–Crippen MR) is 63.7 cm³/mol. The number of hydrogen-bond donors (Lipinski definition) is 0. The molecule has 1 aromatic carbocycles. The van der Waals surface area contributed by atoms with E-state index in [0.29, 0.717) is 12.2 Å². The molecule has 0 atom stereocenters. The summed E-state index contributed by atoms with van der Waals surface area (Å²) in [5, 5.41) is -0.387. The molecule has 15 heavy (non-hydrogen) atoms. The number of benzene rings is 1. The molecule has 0 radical (unpaired) electrons. The number of rotatable bonds is 5. The smallest absolute Gasteiger partial charge is 0.249 e. The number of halogens is 1. The maximum atomic E-state index is 11.7. The molecule has 0 aliphatic heterocycles. The average Bonchev–Trinajstić information content (AvgIpc) is 2.27. The zero-order valence-corrected chi connectivity index (χ0v) is 10.1. The Hall–Kier alpha value is -0.740. The van der Waals surface area contributed by atoms with Crippen molar-refractivity contribution in [3.05, 3.63) is 30.3 Å². The van der Waals surface area contributed by atoms with Gasteiger partial charge in [-0.25, -0.2) is 8.42 Å². The fourth-order valence-electron chi connectivity index (χ4n) is 1.29. The first-order chi connectivity index (χ1) is 7.11. The van der Waals surface area contributed by atoms with Crippen molar-refractivity contribution in [1.29, 1.82) is 0 Å². The third-order valence-corrected chi connectivity index (χ3v) is 4.11. The van der Waals surface area contributed by atoms with E-state index in [1.807, 2.05) is 25.1 Å². The second-order valence-corrected chi connectivity index (χ2v) is 5.61. The van der Waals surface area contributed by atoms with E-state index in [1.54, 1.807) is 12.1 Å². The van der Waals surface area contributed by atoms with Gasteiger partial charge in [-0.2, -0.15) is 0 Å². The van der Waals surface area contributed by atoms with Gasteiger partial charge in [0.15, 0.2) is 0 Å². The second kappa shape index (κ2) is 5.37. The topological polar surface area (TPSA) is 37.4 Å². The number of alkyl halides is 1. The van der Waals surface area contributed by atoms with Crippen LogP contribution in [0.25, 0.3) is 0 Å². The summed E-state index contributed by atoms with van der Waals surface area (Å²) in [4.78, 5) is 0. The molecule has 0 unspecified atom stereocenters. The SMILES string of the molecule is CCCN(c1ccccc1)S(=O)(=O)CCl. The van der Waals surface area contributed by atoms with Crippen molar-refractivity contribution in [2.24, 2.45) is 0 Å². The molecule has 0 saturated carbocycles. The van der Waals surface area contributed by atoms with Crippen molar-refractivity contribution in [3.8, 4) is 0 Å². The van der Waals surface area contributed by atoms with Crippen LogP contribution in [0.15, 0.2) is 30.3 Å². The Morgan fingerprint density at radius 2 is 1.87 bits per heavy atom. The first kappa shape index (κ1) is 12.3. The lowest BCUT2D eigenvalue weighted by Gasteiger charge is -2.22. The van der Waals surface area contributed by atoms with Crippen LogP contribution in [-0.4, -0.2) is 20.2 Å². The largest absolute Gasteiger partial charge is 0.269 e. The van der Waals surface area contributed by atoms with Gasteiger partial charge in [-0.15, -0.1) is 11.6 Å². The van der Waals surface area contributed by atoms with Crippen molar-refractivity contribution in [1.82, 2.24) is 0 Å². The van der Waals surface area contributed by atoms with Gasteiger partial charge in [0.2, 0.25) is 10.0 Å². The molecule has 3 nitrogen and oxygen atoms in total. The Labute approximate surface area is 95.7 Å². The Morgan fingerprint density at radius 1 is 1.27 bits per heavy atom. The summed E-state index contributed by atoms with van der Waals surface area (Å²) < 4.78 is 24.7. The van der Waals surface area contributed by atoms with Gasteiger partial charge in [0, 0.05) is 6.54 Å². The summed E-state index contributed by atoms with van der Waals surface area (Å²) in [6.07, 6.45) is 0.755. The molecule has 0 amide bonds. The molecule has 0 fully saturated rings. The van der Waals surface area contributed by atoms with Crippen LogP contribution in [0.3, 0.4) is 0 Å². The van der Waals surface area contributed by atoms with E-state index >= 15 is 0 Å². The summed E-state index contributed by atoms with van der Waals surface area (Å²) in [6, 6.07) is 8.99. The second-order valence-electron chi connectivity index (χ2n) is 3.13. The molecule has 0 bridgehead atoms. The molecular weight excluding hydrogens is 234 g/mol. The summed E-state index contributed by atoms with van der Waals surface area (Å²) in [5.74, 6) is 0. The summed E-state index contributed by atoms with van der Waals surface area (Å²) in [6.45, 7) is 2.39. The van der Waals surface area contributed by atoms with Gasteiger partial charge in [0.05, 0.1) is 5.69 Å². The molecule has 0 aliphatic carbocycles. The first-order valence-electron chi connectivity index (χ1n) is 4.73. The minimum atomic E-state index is -3.38. The first-order valence-corrected chi connectivity index (χ1v) is 6.87. The van der Waals surface area contributed by atoms with E-state index in [0.717, 1.165) is 6.42 Å². The van der Waals surface area contributed by atoms with Crippen molar-refractivity contribution < 1.29 is 8.42 Å². The van der Waals surface area contributed by atoms with E-state index < -0.39 is 10.0 Å². The zero-order valence-electron chi connectivity index (χ0n) is 8.56. The van der Waals surface area contributed by atoms with Crippen LogP contribution in [0.1, 0.15) is 13.3 Å². The molecule has 5 heteroatoms. The maximum absolute atomic E-state index is 11.7. The Bertz CT molecular complexity index is 391. The van der Waals surface area contributed by atoms with Gasteiger partial charge in [0.1, 0.15) is 5.21 Å². The lowest BCUT2D eigenvalue weighted by atomic mass is 10.3. The van der Waals surface area contributed by atoms with Gasteiger partial charge >= 0.3 is 0 Å². The maximum Gasteiger partial charge on any atom is 0.249 e. The van der Waals surface area contributed by atoms with Crippen molar-refractivity contribution >= 4 is 27.3 Å². The zero-order chi connectivity index (χ0) is 11.3. The molecule has 1 aromatic rings. The summed E-state index contributed by atoms with van der Waals surface area (Å²) in [7, 11) is -3.38. The monoisotopic (exact) mass is 247 g/mol. The van der Waals surface area contributed by atoms with Crippen LogP contribution in [0.4, 0.5) is 5.69 Å². The van der Waals surface area contributed by atoms with Crippen LogP contribution in [0.5, 0.6) is 0 Å². The Balaban J connectivity index is 3.04. The highest BCUT2D eigenvalue weighted by Crippen LogP contribution is 2.18. The third kappa shape index (κ3) is 3.11. The molecular formula is C10H14ClNO2S. The van der Waals surface area contributed by atoms with Crippen LogP contribution in [0, 0.1) is 0 Å². The molecule has 0 heterocycles. The van der Waals surface area contributed by atoms with E-state index in [-0.39, 0.29) is 5.21 Å². The number of sulfonamides is 1. The number of hydrogen-bond acceptors (Lipinski definition) is 2. The quantitative estimate of drug-likeness (QED) is 0.750. The number of anilines is 1. The number of para-hydroxylation sites is 1. The Morgan fingerprint density at radius 3 is 2.33 bits per heavy atom. The molecule has 0 spiro atoms. The van der Waals surface area contributed by atoms with E-state index in [4.69, 9.17) is 11.6 Å². The van der Waals surface area contributed by atoms with Crippen LogP contribution >= 0.6 is 11.6 Å². The van der Waals surface area contributed by atoms with Gasteiger partial charge in [0.25, 0.3) is 0 Å². The average molecular weight is 248 g/mol. The minimum Gasteiger partial charge on any atom is -0.269 e. The van der Waals surface area contributed by atoms with Crippen molar-refractivity contribution in [2.75, 3.05) is 16.1 Å². The van der Waals surface area contributed by atoms with Crippen LogP contribution in [-0.2, 0) is 10.0 Å². The van der Waals surface area contributed by atoms with Gasteiger partial charge < -0.3 is 0 Å². The lowest BCUT2D eigenvalue weighted by Crippen LogP contribution is -2.32. The molecule has 0 aromatic heterocycles. The molecule has 84 valence electrons. The predicted octanol–water partition coefficient (Wildman–Crippen LogP) is 2.43. The van der Waals surface area contributed by atoms with Gasteiger partial charge in [-0.05, 0) is 18.6 Å². The van der Waals surface area contributed by atoms with E-state index in [1.165, 1.54) is 4.31 Å². The van der Waals surface area contributed by atoms with Crippen LogP contribution in [0.2, 0.25) is 0 Å². The van der Waals surface area contributed by atoms with E-state index in [9.17, 15) is 8.42 Å². The fraction of sp³-hybridized carbons (Fsp3) is 0.400. The van der Waals surface area contributed by atoms with Crippen LogP contribution < -0.4 is 4.31 Å². The van der Waals surface area contributed by atoms with E-state index in [2.05, 4.69) is 0 Å². The third-order valence-electron chi connectivity index (χ3n) is 1.94. The Kier molecular flexibility index (Phi) is 4.42. The summed E-state index contributed by atoms with van der Waals surface area (Å²) >= 11 is 5.44. The lowest BCUT2D eigenvalue weighted by molar-refractivity contribution is 0.594. The van der Waals surface area contributed by atoms with Crippen molar-refractivity contribution in [2.45, 2.75) is 13.3 Å². The molecule has 0 saturated heterocycles. The highest BCUT2D eigenvalue weighted by Gasteiger charge is 2.19. The van der Waals surface area contributed by atoms with Crippen molar-refractivity contribution in [3.63, 3.8) is 0 Å². The molecule has 1 rings (SSSR count). The highest BCUT2D eigenvalue weighted by molar-refractivity contribution is 7.93. The minimum absolute atomic E-state index is 0.387. The molecule has 0 N–H and O–H groups in total. The normalized spacial score (nSPS) is 11.3. The fourth-order valence-corrected chi connectivity index (χ4v) is 2.66. The standard InChI is InChI=1S/C10H14ClNO2S/c1-2-8-12(15(13,14)9-11)10-6-4-3-5-7-10/h3-7H,2,8-9H2,1H3. The van der Waals surface area contributed by atoms with Gasteiger partial charge in [-0.3, -0.25) is 4.31 Å².